The van der Waals surface area contributed by atoms with Crippen LogP contribution in [0.5, 0.6) is 0 Å². The van der Waals surface area contributed by atoms with E-state index in [1.165, 1.54) is 0 Å². The van der Waals surface area contributed by atoms with E-state index in [1.54, 1.807) is 20.8 Å². The molecule has 1 aromatic carbocycles. The summed E-state index contributed by atoms with van der Waals surface area (Å²) in [5.41, 5.74) is 0.733. The standard InChI is InChI=1S/C15H24NO5P/c1-4-19-14(17)12-16-15(13-10-8-7-9-11-13)22(18,20-5-2)21-6-3/h7-11,15-16H,4-6,12H2,1-3H3. The predicted molar refractivity (Wildman–Crippen MR) is 84.7 cm³/mol. The van der Waals surface area contributed by atoms with E-state index >= 15 is 0 Å². The van der Waals surface area contributed by atoms with Gasteiger partial charge in [0.05, 0.1) is 26.4 Å². The third kappa shape index (κ3) is 5.54. The van der Waals surface area contributed by atoms with Crippen LogP contribution in [-0.2, 0) is 23.1 Å². The van der Waals surface area contributed by atoms with Gasteiger partial charge in [0.1, 0.15) is 5.78 Å². The molecule has 0 amide bonds. The quantitative estimate of drug-likeness (QED) is 0.525. The molecule has 0 saturated carbocycles. The van der Waals surface area contributed by atoms with Crippen molar-refractivity contribution in [1.29, 1.82) is 0 Å². The molecule has 0 saturated heterocycles. The molecule has 0 aliphatic heterocycles. The van der Waals surface area contributed by atoms with Crippen LogP contribution in [0.2, 0.25) is 0 Å². The first-order valence-corrected chi connectivity index (χ1v) is 9.01. The highest BCUT2D eigenvalue weighted by molar-refractivity contribution is 7.54. The molecule has 0 aliphatic rings. The first-order chi connectivity index (χ1) is 10.6. The second-order valence-electron chi connectivity index (χ2n) is 4.37. The van der Waals surface area contributed by atoms with Crippen LogP contribution in [-0.4, -0.2) is 32.3 Å². The Balaban J connectivity index is 2.99. The van der Waals surface area contributed by atoms with Gasteiger partial charge in [0.25, 0.3) is 0 Å². The monoisotopic (exact) mass is 329 g/mol. The summed E-state index contributed by atoms with van der Waals surface area (Å²) in [7, 11) is -3.45. The van der Waals surface area contributed by atoms with Crippen LogP contribution < -0.4 is 5.32 Å². The third-order valence-electron chi connectivity index (χ3n) is 2.79. The SMILES string of the molecule is CCOC(=O)CNC(c1ccccc1)P(=O)(OCC)OCC. The number of esters is 1. The maximum Gasteiger partial charge on any atom is 0.351 e. The molecule has 0 spiro atoms. The fourth-order valence-electron chi connectivity index (χ4n) is 1.99. The highest BCUT2D eigenvalue weighted by Crippen LogP contribution is 2.59. The van der Waals surface area contributed by atoms with Crippen molar-refractivity contribution in [3.63, 3.8) is 0 Å². The molecule has 124 valence electrons. The van der Waals surface area contributed by atoms with Gasteiger partial charge in [-0.3, -0.25) is 14.7 Å². The van der Waals surface area contributed by atoms with Gasteiger partial charge in [-0.05, 0) is 26.3 Å². The van der Waals surface area contributed by atoms with E-state index in [1.807, 2.05) is 30.3 Å². The van der Waals surface area contributed by atoms with Gasteiger partial charge in [-0.25, -0.2) is 0 Å². The molecule has 6 nitrogen and oxygen atoms in total. The van der Waals surface area contributed by atoms with Gasteiger partial charge >= 0.3 is 13.6 Å². The lowest BCUT2D eigenvalue weighted by atomic mass is 10.2. The predicted octanol–water partition coefficient (Wildman–Crippen LogP) is 3.10. The molecular weight excluding hydrogens is 305 g/mol. The lowest BCUT2D eigenvalue weighted by Gasteiger charge is -2.27. The van der Waals surface area contributed by atoms with Gasteiger partial charge in [0.2, 0.25) is 0 Å². The molecular formula is C15H24NO5P. The summed E-state index contributed by atoms with van der Waals surface area (Å²) in [5, 5.41) is 2.94. The van der Waals surface area contributed by atoms with E-state index in [4.69, 9.17) is 13.8 Å². The molecule has 0 radical (unpaired) electrons. The molecule has 0 aliphatic carbocycles. The second kappa shape index (κ2) is 9.74. The van der Waals surface area contributed by atoms with Gasteiger partial charge in [-0.2, -0.15) is 0 Å². The summed E-state index contributed by atoms with van der Waals surface area (Å²) in [6.45, 7) is 5.96. The van der Waals surface area contributed by atoms with Crippen LogP contribution in [0.25, 0.3) is 0 Å². The molecule has 1 aromatic rings. The minimum atomic E-state index is -3.45. The number of benzene rings is 1. The number of ether oxygens (including phenoxy) is 1. The first-order valence-electron chi connectivity index (χ1n) is 7.40. The maximum atomic E-state index is 13.0. The Morgan fingerprint density at radius 1 is 1.09 bits per heavy atom. The van der Waals surface area contributed by atoms with Crippen molar-refractivity contribution in [2.75, 3.05) is 26.4 Å². The first kappa shape index (κ1) is 18.8. The molecule has 7 heteroatoms. The summed E-state index contributed by atoms with van der Waals surface area (Å²) in [6, 6.07) is 9.15. The van der Waals surface area contributed by atoms with Crippen molar-refractivity contribution in [2.24, 2.45) is 0 Å². The summed E-state index contributed by atoms with van der Waals surface area (Å²) < 4.78 is 28.7. The Morgan fingerprint density at radius 2 is 1.68 bits per heavy atom. The fourth-order valence-corrected chi connectivity index (χ4v) is 3.93. The molecule has 0 fully saturated rings. The second-order valence-corrected chi connectivity index (χ2v) is 6.49. The molecule has 1 rings (SSSR count). The Labute approximate surface area is 131 Å². The van der Waals surface area contributed by atoms with Gasteiger partial charge in [-0.15, -0.1) is 0 Å². The molecule has 1 atom stereocenters. The molecule has 1 N–H and O–H groups in total. The van der Waals surface area contributed by atoms with Crippen molar-refractivity contribution in [3.05, 3.63) is 35.9 Å². The molecule has 0 bridgehead atoms. The van der Waals surface area contributed by atoms with Gasteiger partial charge in [0, 0.05) is 0 Å². The zero-order chi connectivity index (χ0) is 16.4. The van der Waals surface area contributed by atoms with Gasteiger partial charge in [0.15, 0.2) is 0 Å². The molecule has 0 aromatic heterocycles. The Kier molecular flexibility index (Phi) is 8.35. The lowest BCUT2D eigenvalue weighted by Crippen LogP contribution is -2.30. The van der Waals surface area contributed by atoms with Crippen LogP contribution in [0.15, 0.2) is 30.3 Å². The highest BCUT2D eigenvalue weighted by atomic mass is 31.2. The van der Waals surface area contributed by atoms with Crippen molar-refractivity contribution in [1.82, 2.24) is 5.32 Å². The summed E-state index contributed by atoms with van der Waals surface area (Å²) in [4.78, 5) is 11.6. The van der Waals surface area contributed by atoms with Crippen LogP contribution in [0, 0.1) is 0 Å². The zero-order valence-electron chi connectivity index (χ0n) is 13.3. The van der Waals surface area contributed by atoms with Crippen LogP contribution >= 0.6 is 7.60 Å². The van der Waals surface area contributed by atoms with Crippen molar-refractivity contribution >= 4 is 13.6 Å². The normalized spacial score (nSPS) is 12.9. The fraction of sp³-hybridized carbons (Fsp3) is 0.533. The van der Waals surface area contributed by atoms with E-state index in [0.717, 1.165) is 5.56 Å². The van der Waals surface area contributed by atoms with E-state index in [-0.39, 0.29) is 19.8 Å². The van der Waals surface area contributed by atoms with E-state index in [2.05, 4.69) is 5.32 Å². The van der Waals surface area contributed by atoms with E-state index in [0.29, 0.717) is 6.61 Å². The Bertz CT molecular complexity index is 484. The largest absolute Gasteiger partial charge is 0.465 e. The highest BCUT2D eigenvalue weighted by Gasteiger charge is 2.36. The summed E-state index contributed by atoms with van der Waals surface area (Å²) >= 11 is 0. The summed E-state index contributed by atoms with van der Waals surface area (Å²) in [5.74, 6) is -1.14. The molecule has 22 heavy (non-hydrogen) atoms. The minimum absolute atomic E-state index is 0.0719. The van der Waals surface area contributed by atoms with E-state index in [9.17, 15) is 9.36 Å². The van der Waals surface area contributed by atoms with Crippen LogP contribution in [0.3, 0.4) is 0 Å². The number of carbonyl (C=O) groups is 1. The average molecular weight is 329 g/mol. The summed E-state index contributed by atoms with van der Waals surface area (Å²) in [6.07, 6.45) is 0. The van der Waals surface area contributed by atoms with Crippen LogP contribution in [0.1, 0.15) is 32.1 Å². The molecule has 1 unspecified atom stereocenters. The zero-order valence-corrected chi connectivity index (χ0v) is 14.2. The maximum absolute atomic E-state index is 13.0. The minimum Gasteiger partial charge on any atom is -0.465 e. The van der Waals surface area contributed by atoms with Crippen LogP contribution in [0.4, 0.5) is 0 Å². The van der Waals surface area contributed by atoms with E-state index < -0.39 is 19.3 Å². The lowest BCUT2D eigenvalue weighted by molar-refractivity contribution is -0.142. The Morgan fingerprint density at radius 3 is 2.18 bits per heavy atom. The number of carbonyl (C=O) groups excluding carboxylic acids is 1. The van der Waals surface area contributed by atoms with Gasteiger partial charge < -0.3 is 13.8 Å². The molecule has 0 heterocycles. The Hall–Kier alpha value is -1.20. The number of rotatable bonds is 10. The topological polar surface area (TPSA) is 73.9 Å². The third-order valence-corrected chi connectivity index (χ3v) is 5.14. The van der Waals surface area contributed by atoms with Crippen molar-refractivity contribution < 1.29 is 23.1 Å². The number of nitrogens with one attached hydrogen (secondary N) is 1. The van der Waals surface area contributed by atoms with Crippen molar-refractivity contribution in [2.45, 2.75) is 26.6 Å². The van der Waals surface area contributed by atoms with Gasteiger partial charge in [-0.1, -0.05) is 30.3 Å². The smallest absolute Gasteiger partial charge is 0.351 e. The van der Waals surface area contributed by atoms with Crippen molar-refractivity contribution in [3.8, 4) is 0 Å². The average Bonchev–Trinajstić information content (AvgIpc) is 2.49. The number of hydrogen-bond donors (Lipinski definition) is 1. The number of hydrogen-bond acceptors (Lipinski definition) is 6.